The van der Waals surface area contributed by atoms with E-state index in [1.807, 2.05) is 42.5 Å². The molecule has 0 radical (unpaired) electrons. The van der Waals surface area contributed by atoms with Gasteiger partial charge in [0.05, 0.1) is 69.6 Å². The molecule has 0 atom stereocenters. The summed E-state index contributed by atoms with van der Waals surface area (Å²) >= 11 is 0. The highest BCUT2D eigenvalue weighted by atomic mass is 16.5. The van der Waals surface area contributed by atoms with E-state index in [-0.39, 0.29) is 58.6 Å². The number of methoxy groups -OCH3 is 7. The van der Waals surface area contributed by atoms with Gasteiger partial charge in [-0.1, -0.05) is 30.3 Å². The molecule has 3 heterocycles. The summed E-state index contributed by atoms with van der Waals surface area (Å²) in [4.78, 5) is 37.8. The Hall–Kier alpha value is -8.57. The summed E-state index contributed by atoms with van der Waals surface area (Å²) in [5.41, 5.74) is 4.31. The Labute approximate surface area is 405 Å². The van der Waals surface area contributed by atoms with Crippen LogP contribution >= 0.6 is 0 Å². The second kappa shape index (κ2) is 22.7. The molecule has 0 aliphatic heterocycles. The van der Waals surface area contributed by atoms with Crippen molar-refractivity contribution in [1.82, 2.24) is 0 Å². The number of aliphatic hydroxyl groups is 3. The maximum Gasteiger partial charge on any atom is 0.239 e. The lowest BCUT2D eigenvalue weighted by Crippen LogP contribution is -2.09. The first-order valence-electron chi connectivity index (χ1n) is 21.7. The van der Waals surface area contributed by atoms with Crippen LogP contribution in [0.2, 0.25) is 0 Å². The van der Waals surface area contributed by atoms with Gasteiger partial charge in [-0.05, 0) is 95.6 Å². The average Bonchev–Trinajstić information content (AvgIpc) is 3.41. The summed E-state index contributed by atoms with van der Waals surface area (Å²) in [6.07, 6.45) is 0. The van der Waals surface area contributed by atoms with Crippen LogP contribution in [0.4, 0.5) is 0 Å². The molecule has 6 aromatic carbocycles. The van der Waals surface area contributed by atoms with E-state index in [0.29, 0.717) is 84.5 Å². The minimum Gasteiger partial charge on any atom is -0.497 e. The topological polar surface area (TPSA) is 216 Å². The van der Waals surface area contributed by atoms with Gasteiger partial charge < -0.3 is 61.7 Å². The van der Waals surface area contributed by atoms with E-state index in [0.717, 1.165) is 16.9 Å². The van der Waals surface area contributed by atoms with Crippen LogP contribution in [0.15, 0.2) is 149 Å². The zero-order valence-corrected chi connectivity index (χ0v) is 39.8. The smallest absolute Gasteiger partial charge is 0.239 e. The summed E-state index contributed by atoms with van der Waals surface area (Å²) in [6.45, 7) is -0.526. The molecule has 16 nitrogen and oxygen atoms in total. The van der Waals surface area contributed by atoms with Crippen molar-refractivity contribution in [2.24, 2.45) is 0 Å². The molecule has 0 saturated carbocycles. The minimum absolute atomic E-state index is 0.0461. The highest BCUT2D eigenvalue weighted by molar-refractivity contribution is 5.89. The standard InChI is InChI=1S/C20H20O7.C18H16O5.C17H14O4/c1-23-13-6-5-12(9-14(13)24-2)19-20(26-4)18(22)17-15(25-3)7-11(10-21)8-16(17)27-19;1-21-13-5-3-12(4-6-13)15-9-14(20)18-16(22-2)7-11(10-19)8-17(18)23-15;1-20-15-7-11(10-18)8-16-17(15)13(19)9-14(21-16)12-5-3-2-4-6-12/h5-9,21H,10H2,1-4H3;3-9,19H,10H2,1-2H3;2-9,18H,10H2,1H3. The van der Waals surface area contributed by atoms with Gasteiger partial charge in [0.2, 0.25) is 11.2 Å². The molecule has 9 rings (SSSR count). The third-order valence-electron chi connectivity index (χ3n) is 11.2. The van der Waals surface area contributed by atoms with Crippen molar-refractivity contribution >= 4 is 32.9 Å². The third-order valence-corrected chi connectivity index (χ3v) is 11.2. The van der Waals surface area contributed by atoms with Gasteiger partial charge in [-0.2, -0.15) is 0 Å². The van der Waals surface area contributed by atoms with Crippen molar-refractivity contribution in [1.29, 1.82) is 0 Å². The highest BCUT2D eigenvalue weighted by Gasteiger charge is 2.22. The Bertz CT molecular complexity index is 3500. The quantitative estimate of drug-likeness (QED) is 0.0983. The first-order chi connectivity index (χ1) is 34.4. The van der Waals surface area contributed by atoms with Gasteiger partial charge in [-0.25, -0.2) is 0 Å². The van der Waals surface area contributed by atoms with Crippen LogP contribution in [-0.4, -0.2) is 65.1 Å². The molecule has 3 N–H and O–H groups in total. The first-order valence-corrected chi connectivity index (χ1v) is 21.7. The molecule has 9 aromatic rings. The van der Waals surface area contributed by atoms with E-state index >= 15 is 0 Å². The second-order valence-electron chi connectivity index (χ2n) is 15.4. The number of aliphatic hydroxyl groups excluding tert-OH is 3. The number of rotatable bonds is 13. The van der Waals surface area contributed by atoms with Gasteiger partial charge in [0, 0.05) is 28.8 Å². The van der Waals surface area contributed by atoms with Crippen molar-refractivity contribution < 1.29 is 61.7 Å². The van der Waals surface area contributed by atoms with Crippen molar-refractivity contribution in [3.05, 3.63) is 169 Å². The molecule has 0 fully saturated rings. The molecule has 16 heteroatoms. The molecule has 0 saturated heterocycles. The normalized spacial score (nSPS) is 10.7. The molecule has 3 aromatic heterocycles. The van der Waals surface area contributed by atoms with E-state index in [2.05, 4.69) is 0 Å². The fraction of sp³-hybridized carbons (Fsp3) is 0.182. The molecule has 366 valence electrons. The third kappa shape index (κ3) is 10.7. The summed E-state index contributed by atoms with van der Waals surface area (Å²) in [6, 6.07) is 34.4. The van der Waals surface area contributed by atoms with Gasteiger partial charge in [0.25, 0.3) is 0 Å². The average molecular weight is 967 g/mol. The second-order valence-corrected chi connectivity index (χ2v) is 15.4. The van der Waals surface area contributed by atoms with Crippen molar-refractivity contribution in [2.75, 3.05) is 49.8 Å². The Morgan fingerprint density at radius 2 is 0.831 bits per heavy atom. The number of hydrogen-bond donors (Lipinski definition) is 3. The lowest BCUT2D eigenvalue weighted by Gasteiger charge is -2.13. The predicted octanol–water partition coefficient (Wildman–Crippen LogP) is 8.92. The summed E-state index contributed by atoms with van der Waals surface area (Å²) in [5.74, 6) is 4.09. The largest absolute Gasteiger partial charge is 0.497 e. The van der Waals surface area contributed by atoms with Crippen LogP contribution in [0, 0.1) is 0 Å². The molecular formula is C55H50O16. The molecule has 0 spiro atoms. The van der Waals surface area contributed by atoms with Crippen LogP contribution in [0.25, 0.3) is 66.9 Å². The lowest BCUT2D eigenvalue weighted by molar-refractivity contribution is 0.281. The van der Waals surface area contributed by atoms with E-state index in [1.54, 1.807) is 73.8 Å². The van der Waals surface area contributed by atoms with Crippen molar-refractivity contribution in [2.45, 2.75) is 19.8 Å². The van der Waals surface area contributed by atoms with Crippen LogP contribution in [0.1, 0.15) is 16.7 Å². The molecule has 0 aliphatic rings. The van der Waals surface area contributed by atoms with E-state index in [1.165, 1.54) is 54.8 Å². The van der Waals surface area contributed by atoms with Gasteiger partial charge in [-0.15, -0.1) is 0 Å². The number of ether oxygens (including phenoxy) is 7. The Kier molecular flexibility index (Phi) is 16.1. The Balaban J connectivity index is 0.000000158. The van der Waals surface area contributed by atoms with Crippen molar-refractivity contribution in [3.63, 3.8) is 0 Å². The van der Waals surface area contributed by atoms with Crippen molar-refractivity contribution in [3.8, 4) is 74.2 Å². The number of fused-ring (bicyclic) bond motifs is 3. The zero-order chi connectivity index (χ0) is 50.8. The molecule has 0 amide bonds. The summed E-state index contributed by atoms with van der Waals surface area (Å²) in [7, 11) is 10.5. The van der Waals surface area contributed by atoms with Gasteiger partial charge >= 0.3 is 0 Å². The SMILES string of the molecule is COc1cc(CO)cc2oc(-c3ccccc3)cc(=O)c12.COc1ccc(-c2cc(=O)c3c(OC)cc(CO)cc3o2)cc1.COc1ccc(-c2oc3cc(CO)cc(OC)c3c(=O)c2OC)cc1OC. The lowest BCUT2D eigenvalue weighted by atomic mass is 10.1. The monoisotopic (exact) mass is 966 g/mol. The van der Waals surface area contributed by atoms with Crippen LogP contribution in [0.5, 0.6) is 40.2 Å². The van der Waals surface area contributed by atoms with E-state index < -0.39 is 0 Å². The van der Waals surface area contributed by atoms with Crippen LogP contribution < -0.4 is 49.4 Å². The molecule has 0 bridgehead atoms. The first kappa shape index (κ1) is 50.3. The molecule has 0 aliphatic carbocycles. The Morgan fingerprint density at radius 1 is 0.394 bits per heavy atom. The van der Waals surface area contributed by atoms with Gasteiger partial charge in [-0.3, -0.25) is 14.4 Å². The maximum absolute atomic E-state index is 13.0. The van der Waals surface area contributed by atoms with Gasteiger partial charge in [0.1, 0.15) is 67.4 Å². The number of hydrogen-bond acceptors (Lipinski definition) is 16. The fourth-order valence-electron chi connectivity index (χ4n) is 7.69. The van der Waals surface area contributed by atoms with Crippen LogP contribution in [0.3, 0.4) is 0 Å². The highest BCUT2D eigenvalue weighted by Crippen LogP contribution is 2.39. The fourth-order valence-corrected chi connectivity index (χ4v) is 7.69. The summed E-state index contributed by atoms with van der Waals surface area (Å²) in [5, 5.41) is 29.1. The Morgan fingerprint density at radius 3 is 1.27 bits per heavy atom. The number of benzene rings is 6. The molecular weight excluding hydrogens is 917 g/mol. The van der Waals surface area contributed by atoms with Crippen LogP contribution in [-0.2, 0) is 19.8 Å². The molecule has 71 heavy (non-hydrogen) atoms. The van der Waals surface area contributed by atoms with E-state index in [9.17, 15) is 29.7 Å². The maximum atomic E-state index is 13.0. The molecule has 0 unspecified atom stereocenters. The zero-order valence-electron chi connectivity index (χ0n) is 39.8. The minimum atomic E-state index is -0.370. The van der Waals surface area contributed by atoms with Gasteiger partial charge in [0.15, 0.2) is 28.1 Å². The summed E-state index contributed by atoms with van der Waals surface area (Å²) < 4.78 is 54.5. The van der Waals surface area contributed by atoms with E-state index in [4.69, 9.17) is 46.4 Å². The predicted molar refractivity (Wildman–Crippen MR) is 267 cm³/mol.